The zero-order valence-electron chi connectivity index (χ0n) is 13.3. The molecule has 0 spiro atoms. The van der Waals surface area contributed by atoms with Crippen LogP contribution in [-0.4, -0.2) is 52.6 Å². The molecule has 114 valence electrons. The average molecular weight is 298 g/mol. The van der Waals surface area contributed by atoms with Gasteiger partial charge in [0.1, 0.15) is 0 Å². The standard InChI is InChI=1S/C13H26N6S/c1-7-19(8-2)12-17-10(14-5)16-11(18-12)15-9-13(3,4)20-6/h7-9H2,1-6H3,(H2,14,15,16,17,18). The van der Waals surface area contributed by atoms with E-state index in [0.29, 0.717) is 17.8 Å². The summed E-state index contributed by atoms with van der Waals surface area (Å²) in [4.78, 5) is 15.4. The van der Waals surface area contributed by atoms with E-state index in [4.69, 9.17) is 0 Å². The predicted octanol–water partition coefficient (Wildman–Crippen LogP) is 2.31. The highest BCUT2D eigenvalue weighted by Crippen LogP contribution is 2.21. The van der Waals surface area contributed by atoms with Gasteiger partial charge in [-0.3, -0.25) is 0 Å². The fraction of sp³-hybridized carbons (Fsp3) is 0.769. The molecule has 1 rings (SSSR count). The number of hydrogen-bond acceptors (Lipinski definition) is 7. The van der Waals surface area contributed by atoms with Gasteiger partial charge in [0, 0.05) is 31.4 Å². The number of rotatable bonds is 8. The summed E-state index contributed by atoms with van der Waals surface area (Å²) >= 11 is 1.82. The SMILES string of the molecule is CCN(CC)c1nc(NC)nc(NCC(C)(C)SC)n1. The first-order chi connectivity index (χ1) is 9.45. The molecule has 7 heteroatoms. The van der Waals surface area contributed by atoms with E-state index in [1.54, 1.807) is 0 Å². The molecule has 0 aliphatic heterocycles. The van der Waals surface area contributed by atoms with E-state index in [0.717, 1.165) is 19.6 Å². The number of hydrogen-bond donors (Lipinski definition) is 2. The third-order valence-corrected chi connectivity index (χ3v) is 4.37. The third-order valence-electron chi connectivity index (χ3n) is 3.12. The van der Waals surface area contributed by atoms with E-state index in [9.17, 15) is 0 Å². The van der Waals surface area contributed by atoms with Gasteiger partial charge in [0.15, 0.2) is 0 Å². The first-order valence-electron chi connectivity index (χ1n) is 6.93. The molecule has 0 bridgehead atoms. The lowest BCUT2D eigenvalue weighted by Gasteiger charge is -2.23. The van der Waals surface area contributed by atoms with Gasteiger partial charge in [0.05, 0.1) is 0 Å². The summed E-state index contributed by atoms with van der Waals surface area (Å²) in [6.45, 7) is 11.1. The Morgan fingerprint density at radius 1 is 1.10 bits per heavy atom. The fourth-order valence-corrected chi connectivity index (χ4v) is 1.78. The Hall–Kier alpha value is -1.24. The van der Waals surface area contributed by atoms with Gasteiger partial charge in [-0.1, -0.05) is 0 Å². The molecule has 0 saturated heterocycles. The van der Waals surface area contributed by atoms with Crippen molar-refractivity contribution in [3.05, 3.63) is 0 Å². The molecule has 1 aromatic rings. The molecule has 20 heavy (non-hydrogen) atoms. The molecular weight excluding hydrogens is 272 g/mol. The Labute approximate surface area is 126 Å². The van der Waals surface area contributed by atoms with Crippen molar-refractivity contribution in [2.24, 2.45) is 0 Å². The van der Waals surface area contributed by atoms with E-state index >= 15 is 0 Å². The summed E-state index contributed by atoms with van der Waals surface area (Å²) < 4.78 is 0.141. The van der Waals surface area contributed by atoms with Crippen molar-refractivity contribution in [2.45, 2.75) is 32.4 Å². The van der Waals surface area contributed by atoms with Crippen molar-refractivity contribution >= 4 is 29.6 Å². The Kier molecular flexibility index (Phi) is 6.32. The maximum absolute atomic E-state index is 4.50. The second-order valence-electron chi connectivity index (χ2n) is 5.02. The molecule has 0 radical (unpaired) electrons. The number of anilines is 3. The molecule has 0 aliphatic rings. The van der Waals surface area contributed by atoms with Gasteiger partial charge in [0.2, 0.25) is 17.8 Å². The van der Waals surface area contributed by atoms with Crippen molar-refractivity contribution in [3.8, 4) is 0 Å². The topological polar surface area (TPSA) is 66.0 Å². The molecule has 0 unspecified atom stereocenters. The second kappa shape index (κ2) is 7.52. The molecule has 0 aliphatic carbocycles. The first-order valence-corrected chi connectivity index (χ1v) is 8.16. The molecule has 0 amide bonds. The number of thioether (sulfide) groups is 1. The van der Waals surface area contributed by atoms with Crippen molar-refractivity contribution in [1.29, 1.82) is 0 Å². The van der Waals surface area contributed by atoms with E-state index in [1.807, 2.05) is 18.8 Å². The minimum Gasteiger partial charge on any atom is -0.357 e. The van der Waals surface area contributed by atoms with E-state index in [1.165, 1.54) is 0 Å². The van der Waals surface area contributed by atoms with Crippen LogP contribution in [0.1, 0.15) is 27.7 Å². The summed E-state index contributed by atoms with van der Waals surface area (Å²) in [6.07, 6.45) is 2.11. The largest absolute Gasteiger partial charge is 0.357 e. The van der Waals surface area contributed by atoms with Crippen LogP contribution in [0.15, 0.2) is 0 Å². The summed E-state index contributed by atoms with van der Waals surface area (Å²) in [5, 5.41) is 6.29. The molecule has 6 nitrogen and oxygen atoms in total. The van der Waals surface area contributed by atoms with Crippen LogP contribution >= 0.6 is 11.8 Å². The summed E-state index contributed by atoms with van der Waals surface area (Å²) in [5.74, 6) is 1.92. The summed E-state index contributed by atoms with van der Waals surface area (Å²) in [6, 6.07) is 0. The van der Waals surface area contributed by atoms with Crippen molar-refractivity contribution < 1.29 is 0 Å². The molecule has 0 aromatic carbocycles. The summed E-state index contributed by atoms with van der Waals surface area (Å²) in [5.41, 5.74) is 0. The first kappa shape index (κ1) is 16.8. The quantitative estimate of drug-likeness (QED) is 0.763. The maximum Gasteiger partial charge on any atom is 0.231 e. The van der Waals surface area contributed by atoms with Crippen molar-refractivity contribution in [2.75, 3.05) is 48.5 Å². The van der Waals surface area contributed by atoms with Crippen LogP contribution in [0.4, 0.5) is 17.8 Å². The average Bonchev–Trinajstić information content (AvgIpc) is 2.46. The lowest BCUT2D eigenvalue weighted by Crippen LogP contribution is -2.28. The fourth-order valence-electron chi connectivity index (χ4n) is 1.57. The third kappa shape index (κ3) is 4.70. The smallest absolute Gasteiger partial charge is 0.231 e. The number of nitrogens with one attached hydrogen (secondary N) is 2. The molecule has 0 saturated carbocycles. The highest BCUT2D eigenvalue weighted by atomic mass is 32.2. The van der Waals surface area contributed by atoms with Crippen LogP contribution in [0.2, 0.25) is 0 Å². The van der Waals surface area contributed by atoms with Crippen LogP contribution in [0.5, 0.6) is 0 Å². The van der Waals surface area contributed by atoms with Crippen LogP contribution in [0.3, 0.4) is 0 Å². The maximum atomic E-state index is 4.50. The van der Waals surface area contributed by atoms with E-state index in [-0.39, 0.29) is 4.75 Å². The van der Waals surface area contributed by atoms with E-state index < -0.39 is 0 Å². The van der Waals surface area contributed by atoms with Gasteiger partial charge in [-0.05, 0) is 34.0 Å². The van der Waals surface area contributed by atoms with Gasteiger partial charge in [-0.2, -0.15) is 26.7 Å². The highest BCUT2D eigenvalue weighted by Gasteiger charge is 2.17. The molecule has 2 N–H and O–H groups in total. The zero-order chi connectivity index (χ0) is 15.2. The van der Waals surface area contributed by atoms with Gasteiger partial charge < -0.3 is 15.5 Å². The molecule has 1 heterocycles. The van der Waals surface area contributed by atoms with Crippen molar-refractivity contribution in [3.63, 3.8) is 0 Å². The normalized spacial score (nSPS) is 11.3. The zero-order valence-corrected chi connectivity index (χ0v) is 14.1. The van der Waals surface area contributed by atoms with Crippen LogP contribution in [0.25, 0.3) is 0 Å². The minimum atomic E-state index is 0.141. The minimum absolute atomic E-state index is 0.141. The Bertz CT molecular complexity index is 419. The monoisotopic (exact) mass is 298 g/mol. The molecular formula is C13H26N6S. The Morgan fingerprint density at radius 2 is 1.70 bits per heavy atom. The molecule has 0 atom stereocenters. The lowest BCUT2D eigenvalue weighted by molar-refractivity contribution is 0.743. The highest BCUT2D eigenvalue weighted by molar-refractivity contribution is 7.99. The Balaban J connectivity index is 2.93. The van der Waals surface area contributed by atoms with Gasteiger partial charge in [0.25, 0.3) is 0 Å². The van der Waals surface area contributed by atoms with E-state index in [2.05, 4.69) is 64.4 Å². The second-order valence-corrected chi connectivity index (χ2v) is 6.54. The van der Waals surface area contributed by atoms with Gasteiger partial charge in [-0.15, -0.1) is 0 Å². The van der Waals surface area contributed by atoms with Gasteiger partial charge in [-0.25, -0.2) is 0 Å². The predicted molar refractivity (Wildman–Crippen MR) is 89.0 cm³/mol. The number of aromatic nitrogens is 3. The van der Waals surface area contributed by atoms with Gasteiger partial charge >= 0.3 is 0 Å². The number of nitrogens with zero attached hydrogens (tertiary/aromatic N) is 4. The molecule has 1 aromatic heterocycles. The van der Waals surface area contributed by atoms with Crippen LogP contribution in [0, 0.1) is 0 Å². The summed E-state index contributed by atoms with van der Waals surface area (Å²) in [7, 11) is 1.82. The van der Waals surface area contributed by atoms with Crippen molar-refractivity contribution in [1.82, 2.24) is 15.0 Å². The Morgan fingerprint density at radius 3 is 2.20 bits per heavy atom. The lowest BCUT2D eigenvalue weighted by atomic mass is 10.2. The van der Waals surface area contributed by atoms with Crippen LogP contribution < -0.4 is 15.5 Å². The molecule has 0 fully saturated rings. The van der Waals surface area contributed by atoms with Crippen LogP contribution in [-0.2, 0) is 0 Å².